The van der Waals surface area contributed by atoms with Crippen LogP contribution in [0.25, 0.3) is 0 Å². The fourth-order valence-electron chi connectivity index (χ4n) is 2.62. The maximum Gasteiger partial charge on any atom is 0.222 e. The quantitative estimate of drug-likeness (QED) is 0.756. The molecule has 1 aromatic rings. The topological polar surface area (TPSA) is 46.6 Å². The molecule has 1 aliphatic heterocycles. The number of piperidine rings is 1. The highest BCUT2D eigenvalue weighted by Crippen LogP contribution is 2.18. The van der Waals surface area contributed by atoms with Gasteiger partial charge in [-0.1, -0.05) is 18.2 Å². The Hall–Kier alpha value is -1.84. The maximum atomic E-state index is 12.1. The lowest BCUT2D eigenvalue weighted by atomic mass is 9.93. The number of Topliss-reactive ketones (excluding diaryl/α,β-unsaturated/α-hetero) is 1. The van der Waals surface area contributed by atoms with Crippen molar-refractivity contribution in [3.05, 3.63) is 30.3 Å². The van der Waals surface area contributed by atoms with Gasteiger partial charge in [0.2, 0.25) is 5.91 Å². The molecule has 0 unspecified atom stereocenters. The number of nitrogens with zero attached hydrogens (tertiary/aromatic N) is 1. The first-order valence-electron chi connectivity index (χ1n) is 7.63. The predicted molar refractivity (Wildman–Crippen MR) is 81.2 cm³/mol. The zero-order chi connectivity index (χ0) is 15.1. The van der Waals surface area contributed by atoms with Crippen LogP contribution < -0.4 is 4.74 Å². The molecule has 0 bridgehead atoms. The minimum atomic E-state index is 0.149. The summed E-state index contributed by atoms with van der Waals surface area (Å²) in [7, 11) is 0. The van der Waals surface area contributed by atoms with Crippen LogP contribution >= 0.6 is 0 Å². The third-order valence-electron chi connectivity index (χ3n) is 3.97. The van der Waals surface area contributed by atoms with Crippen LogP contribution in [0.1, 0.15) is 32.6 Å². The van der Waals surface area contributed by atoms with Gasteiger partial charge in [-0.3, -0.25) is 9.59 Å². The van der Waals surface area contributed by atoms with Gasteiger partial charge in [-0.05, 0) is 38.3 Å². The molecule has 1 aromatic carbocycles. The highest BCUT2D eigenvalue weighted by molar-refractivity contribution is 5.79. The van der Waals surface area contributed by atoms with E-state index >= 15 is 0 Å². The summed E-state index contributed by atoms with van der Waals surface area (Å²) >= 11 is 0. The lowest BCUT2D eigenvalue weighted by molar-refractivity contribution is -0.134. The van der Waals surface area contributed by atoms with E-state index in [1.54, 1.807) is 6.92 Å². The first-order valence-corrected chi connectivity index (χ1v) is 7.63. The van der Waals surface area contributed by atoms with Gasteiger partial charge in [-0.2, -0.15) is 0 Å². The van der Waals surface area contributed by atoms with Gasteiger partial charge in [-0.25, -0.2) is 0 Å². The molecule has 4 nitrogen and oxygen atoms in total. The molecule has 1 amide bonds. The molecule has 0 saturated carbocycles. The first-order chi connectivity index (χ1) is 10.2. The molecule has 0 atom stereocenters. The summed E-state index contributed by atoms with van der Waals surface area (Å²) in [6.07, 6.45) is 2.85. The number of carbonyl (C=O) groups is 2. The smallest absolute Gasteiger partial charge is 0.222 e. The standard InChI is InChI=1S/C17H23NO3/c1-14(19)15-9-11-18(12-10-15)17(20)8-5-13-21-16-6-3-2-4-7-16/h2-4,6-7,15H,5,8-13H2,1H3. The van der Waals surface area contributed by atoms with Gasteiger partial charge < -0.3 is 9.64 Å². The van der Waals surface area contributed by atoms with Crippen LogP contribution in [0.2, 0.25) is 0 Å². The van der Waals surface area contributed by atoms with E-state index in [0.29, 0.717) is 26.1 Å². The van der Waals surface area contributed by atoms with Crippen molar-refractivity contribution in [2.24, 2.45) is 5.92 Å². The molecule has 0 aromatic heterocycles. The van der Waals surface area contributed by atoms with Crippen LogP contribution in [-0.2, 0) is 9.59 Å². The normalized spacial score (nSPS) is 15.8. The van der Waals surface area contributed by atoms with E-state index in [-0.39, 0.29) is 17.6 Å². The summed E-state index contributed by atoms with van der Waals surface area (Å²) < 4.78 is 5.58. The molecule has 0 spiro atoms. The van der Waals surface area contributed by atoms with E-state index in [1.807, 2.05) is 35.2 Å². The monoisotopic (exact) mass is 289 g/mol. The number of ketones is 1. The van der Waals surface area contributed by atoms with Gasteiger partial charge in [-0.15, -0.1) is 0 Å². The minimum absolute atomic E-state index is 0.149. The molecular formula is C17H23NO3. The second kappa shape index (κ2) is 7.81. The zero-order valence-corrected chi connectivity index (χ0v) is 12.6. The summed E-state index contributed by atoms with van der Waals surface area (Å²) in [5.41, 5.74) is 0. The van der Waals surface area contributed by atoms with Crippen molar-refractivity contribution in [2.75, 3.05) is 19.7 Å². The Morgan fingerprint density at radius 2 is 1.86 bits per heavy atom. The third-order valence-corrected chi connectivity index (χ3v) is 3.97. The molecule has 1 saturated heterocycles. The number of hydrogen-bond donors (Lipinski definition) is 0. The fraction of sp³-hybridized carbons (Fsp3) is 0.529. The van der Waals surface area contributed by atoms with Crippen molar-refractivity contribution in [3.63, 3.8) is 0 Å². The van der Waals surface area contributed by atoms with Gasteiger partial charge in [0.1, 0.15) is 11.5 Å². The van der Waals surface area contributed by atoms with Crippen molar-refractivity contribution in [2.45, 2.75) is 32.6 Å². The molecule has 1 heterocycles. The molecular weight excluding hydrogens is 266 g/mol. The Balaban J connectivity index is 1.63. The third kappa shape index (κ3) is 4.88. The largest absolute Gasteiger partial charge is 0.494 e. The summed E-state index contributed by atoms with van der Waals surface area (Å²) in [5, 5.41) is 0. The zero-order valence-electron chi connectivity index (χ0n) is 12.6. The van der Waals surface area contributed by atoms with E-state index in [2.05, 4.69) is 0 Å². The Morgan fingerprint density at radius 3 is 2.48 bits per heavy atom. The lowest BCUT2D eigenvalue weighted by Gasteiger charge is -2.30. The Morgan fingerprint density at radius 1 is 1.19 bits per heavy atom. The van der Waals surface area contributed by atoms with Crippen LogP contribution in [-0.4, -0.2) is 36.3 Å². The number of carbonyl (C=O) groups excluding carboxylic acids is 2. The number of benzene rings is 1. The highest BCUT2D eigenvalue weighted by Gasteiger charge is 2.24. The molecule has 0 radical (unpaired) electrons. The number of rotatable bonds is 6. The number of likely N-dealkylation sites (tertiary alicyclic amines) is 1. The van der Waals surface area contributed by atoms with Gasteiger partial charge in [0.05, 0.1) is 6.61 Å². The summed E-state index contributed by atoms with van der Waals surface area (Å²) in [6.45, 7) is 3.62. The van der Waals surface area contributed by atoms with Crippen molar-refractivity contribution >= 4 is 11.7 Å². The van der Waals surface area contributed by atoms with Crippen molar-refractivity contribution in [1.82, 2.24) is 4.90 Å². The van der Waals surface area contributed by atoms with E-state index in [4.69, 9.17) is 4.74 Å². The lowest BCUT2D eigenvalue weighted by Crippen LogP contribution is -2.39. The average Bonchev–Trinajstić information content (AvgIpc) is 2.52. The van der Waals surface area contributed by atoms with E-state index < -0.39 is 0 Å². The second-order valence-electron chi connectivity index (χ2n) is 5.53. The van der Waals surface area contributed by atoms with Crippen LogP contribution in [0, 0.1) is 5.92 Å². The number of ether oxygens (including phenoxy) is 1. The fourth-order valence-corrected chi connectivity index (χ4v) is 2.62. The van der Waals surface area contributed by atoms with E-state index in [1.165, 1.54) is 0 Å². The van der Waals surface area contributed by atoms with Crippen molar-refractivity contribution in [1.29, 1.82) is 0 Å². The minimum Gasteiger partial charge on any atom is -0.494 e. The van der Waals surface area contributed by atoms with Gasteiger partial charge in [0.15, 0.2) is 0 Å². The van der Waals surface area contributed by atoms with E-state index in [9.17, 15) is 9.59 Å². The second-order valence-corrected chi connectivity index (χ2v) is 5.53. The van der Waals surface area contributed by atoms with Gasteiger partial charge >= 0.3 is 0 Å². The Labute approximate surface area is 126 Å². The number of hydrogen-bond acceptors (Lipinski definition) is 3. The summed E-state index contributed by atoms with van der Waals surface area (Å²) in [5.74, 6) is 1.41. The maximum absolute atomic E-state index is 12.1. The average molecular weight is 289 g/mol. The molecule has 4 heteroatoms. The number of para-hydroxylation sites is 1. The number of amides is 1. The molecule has 0 N–H and O–H groups in total. The Kier molecular flexibility index (Phi) is 5.78. The molecule has 114 valence electrons. The SMILES string of the molecule is CC(=O)C1CCN(C(=O)CCCOc2ccccc2)CC1. The summed E-state index contributed by atoms with van der Waals surface area (Å²) in [4.78, 5) is 25.2. The van der Waals surface area contributed by atoms with Crippen LogP contribution in [0.3, 0.4) is 0 Å². The molecule has 2 rings (SSSR count). The first kappa shape index (κ1) is 15.5. The van der Waals surface area contributed by atoms with E-state index in [0.717, 1.165) is 25.0 Å². The molecule has 1 fully saturated rings. The van der Waals surface area contributed by atoms with Crippen LogP contribution in [0.15, 0.2) is 30.3 Å². The van der Waals surface area contributed by atoms with Gasteiger partial charge in [0.25, 0.3) is 0 Å². The van der Waals surface area contributed by atoms with Crippen LogP contribution in [0.5, 0.6) is 5.75 Å². The molecule has 1 aliphatic rings. The van der Waals surface area contributed by atoms with Gasteiger partial charge in [0, 0.05) is 25.4 Å². The predicted octanol–water partition coefficient (Wildman–Crippen LogP) is 2.67. The van der Waals surface area contributed by atoms with Crippen molar-refractivity contribution < 1.29 is 14.3 Å². The summed E-state index contributed by atoms with van der Waals surface area (Å²) in [6, 6.07) is 9.63. The molecule has 21 heavy (non-hydrogen) atoms. The highest BCUT2D eigenvalue weighted by atomic mass is 16.5. The Bertz CT molecular complexity index is 464. The molecule has 0 aliphatic carbocycles. The van der Waals surface area contributed by atoms with Crippen molar-refractivity contribution in [3.8, 4) is 5.75 Å². The van der Waals surface area contributed by atoms with Crippen LogP contribution in [0.4, 0.5) is 0 Å².